The first-order valence-corrected chi connectivity index (χ1v) is 8.06. The van der Waals surface area contributed by atoms with Crippen LogP contribution >= 0.6 is 0 Å². The van der Waals surface area contributed by atoms with Crippen LogP contribution in [0.25, 0.3) is 0 Å². The molecule has 0 aromatic heterocycles. The third-order valence-electron chi connectivity index (χ3n) is 3.27. The lowest BCUT2D eigenvalue weighted by Crippen LogP contribution is -2.22. The monoisotopic (exact) mass is 269 g/mol. The van der Waals surface area contributed by atoms with Crippen LogP contribution in [0, 0.1) is 6.92 Å². The van der Waals surface area contributed by atoms with Gasteiger partial charge in [0.25, 0.3) is 0 Å². The van der Waals surface area contributed by atoms with Crippen LogP contribution in [0.3, 0.4) is 0 Å². The van der Waals surface area contributed by atoms with E-state index in [-0.39, 0.29) is 16.9 Å². The van der Waals surface area contributed by atoms with E-state index in [1.54, 1.807) is 13.8 Å². The number of hydrogen-bond acceptors (Lipinski definition) is 3. The van der Waals surface area contributed by atoms with E-state index in [9.17, 15) is 8.42 Å². The van der Waals surface area contributed by atoms with Gasteiger partial charge >= 0.3 is 0 Å². The predicted octanol–water partition coefficient (Wildman–Crippen LogP) is 2.25. The SMILES string of the molecule is Cc1cccc(C(CN)CCS(=O)(=O)C(C)C)c1. The summed E-state index contributed by atoms with van der Waals surface area (Å²) in [6, 6.07) is 8.12. The molecule has 1 aromatic rings. The van der Waals surface area contributed by atoms with Crippen LogP contribution < -0.4 is 5.73 Å². The predicted molar refractivity (Wildman–Crippen MR) is 76.5 cm³/mol. The minimum Gasteiger partial charge on any atom is -0.330 e. The van der Waals surface area contributed by atoms with Crippen LogP contribution in [0.1, 0.15) is 37.3 Å². The molecule has 0 fully saturated rings. The maximum Gasteiger partial charge on any atom is 0.152 e. The van der Waals surface area contributed by atoms with Gasteiger partial charge in [0.05, 0.1) is 11.0 Å². The lowest BCUT2D eigenvalue weighted by Gasteiger charge is -2.16. The molecule has 18 heavy (non-hydrogen) atoms. The summed E-state index contributed by atoms with van der Waals surface area (Å²) in [6.07, 6.45) is 0.598. The van der Waals surface area contributed by atoms with Crippen molar-refractivity contribution in [1.82, 2.24) is 0 Å². The minimum atomic E-state index is -2.98. The van der Waals surface area contributed by atoms with Crippen molar-refractivity contribution >= 4 is 9.84 Å². The summed E-state index contributed by atoms with van der Waals surface area (Å²) in [5, 5.41) is -0.312. The van der Waals surface area contributed by atoms with Crippen LogP contribution in [-0.4, -0.2) is 26.0 Å². The average molecular weight is 269 g/mol. The fraction of sp³-hybridized carbons (Fsp3) is 0.571. The van der Waals surface area contributed by atoms with Gasteiger partial charge in [0.15, 0.2) is 9.84 Å². The van der Waals surface area contributed by atoms with E-state index >= 15 is 0 Å². The van der Waals surface area contributed by atoms with E-state index in [2.05, 4.69) is 6.07 Å². The Bertz CT molecular complexity index is 480. The zero-order valence-electron chi connectivity index (χ0n) is 11.4. The minimum absolute atomic E-state index is 0.124. The third-order valence-corrected chi connectivity index (χ3v) is 5.51. The van der Waals surface area contributed by atoms with Crippen molar-refractivity contribution < 1.29 is 8.42 Å². The Hall–Kier alpha value is -0.870. The van der Waals surface area contributed by atoms with Gasteiger partial charge in [-0.25, -0.2) is 8.42 Å². The zero-order chi connectivity index (χ0) is 13.8. The fourth-order valence-corrected chi connectivity index (χ4v) is 2.97. The Morgan fingerprint density at radius 1 is 1.28 bits per heavy atom. The summed E-state index contributed by atoms with van der Waals surface area (Å²) in [6.45, 7) is 5.96. The highest BCUT2D eigenvalue weighted by Crippen LogP contribution is 2.21. The molecule has 2 N–H and O–H groups in total. The number of sulfone groups is 1. The van der Waals surface area contributed by atoms with E-state index in [0.29, 0.717) is 13.0 Å². The third kappa shape index (κ3) is 4.10. The lowest BCUT2D eigenvalue weighted by molar-refractivity contribution is 0.576. The molecule has 0 bridgehead atoms. The van der Waals surface area contributed by atoms with Crippen molar-refractivity contribution in [3.05, 3.63) is 35.4 Å². The first kappa shape index (κ1) is 15.2. The topological polar surface area (TPSA) is 60.2 Å². The van der Waals surface area contributed by atoms with E-state index in [0.717, 1.165) is 5.56 Å². The second-order valence-corrected chi connectivity index (χ2v) is 7.73. The molecular weight excluding hydrogens is 246 g/mol. The Morgan fingerprint density at radius 3 is 2.44 bits per heavy atom. The van der Waals surface area contributed by atoms with Gasteiger partial charge in [-0.2, -0.15) is 0 Å². The Morgan fingerprint density at radius 2 is 1.94 bits per heavy atom. The Kier molecular flexibility index (Phi) is 5.35. The number of nitrogens with two attached hydrogens (primary N) is 1. The molecule has 1 unspecified atom stereocenters. The second-order valence-electron chi connectivity index (χ2n) is 5.05. The van der Waals surface area contributed by atoms with Crippen LogP contribution in [0.15, 0.2) is 24.3 Å². The van der Waals surface area contributed by atoms with Gasteiger partial charge < -0.3 is 5.73 Å². The molecule has 0 aliphatic rings. The molecule has 0 aliphatic carbocycles. The normalized spacial score (nSPS) is 13.8. The fourth-order valence-electron chi connectivity index (χ4n) is 1.89. The molecule has 1 aromatic carbocycles. The van der Waals surface area contributed by atoms with Crippen molar-refractivity contribution in [2.45, 2.75) is 38.4 Å². The van der Waals surface area contributed by atoms with Crippen LogP contribution in [-0.2, 0) is 9.84 Å². The molecule has 0 amide bonds. The van der Waals surface area contributed by atoms with E-state index in [1.165, 1.54) is 5.56 Å². The van der Waals surface area contributed by atoms with Gasteiger partial charge in [0, 0.05) is 0 Å². The summed E-state index contributed by atoms with van der Waals surface area (Å²) in [7, 11) is -2.98. The molecule has 0 aliphatic heterocycles. The van der Waals surface area contributed by atoms with Crippen molar-refractivity contribution in [3.63, 3.8) is 0 Å². The van der Waals surface area contributed by atoms with Crippen molar-refractivity contribution in [3.8, 4) is 0 Å². The number of hydrogen-bond donors (Lipinski definition) is 1. The molecule has 0 saturated heterocycles. The summed E-state index contributed by atoms with van der Waals surface area (Å²) >= 11 is 0. The Balaban J connectivity index is 2.75. The molecule has 0 heterocycles. The number of rotatable bonds is 6. The van der Waals surface area contributed by atoms with Gasteiger partial charge in [-0.3, -0.25) is 0 Å². The molecule has 0 radical (unpaired) electrons. The smallest absolute Gasteiger partial charge is 0.152 e. The summed E-state index contributed by atoms with van der Waals surface area (Å²) < 4.78 is 23.6. The zero-order valence-corrected chi connectivity index (χ0v) is 12.2. The largest absolute Gasteiger partial charge is 0.330 e. The van der Waals surface area contributed by atoms with Crippen molar-refractivity contribution in [1.29, 1.82) is 0 Å². The van der Waals surface area contributed by atoms with Crippen LogP contribution in [0.2, 0.25) is 0 Å². The maximum absolute atomic E-state index is 11.8. The van der Waals surface area contributed by atoms with E-state index < -0.39 is 9.84 Å². The van der Waals surface area contributed by atoms with Gasteiger partial charge in [-0.15, -0.1) is 0 Å². The molecule has 0 spiro atoms. The molecule has 102 valence electrons. The molecule has 1 rings (SSSR count). The standard InChI is InChI=1S/C14H23NO2S/c1-11(2)18(16,17)8-7-14(10-15)13-6-4-5-12(3)9-13/h4-6,9,11,14H,7-8,10,15H2,1-3H3. The first-order chi connectivity index (χ1) is 8.36. The number of benzene rings is 1. The summed E-state index contributed by atoms with van der Waals surface area (Å²) in [5.41, 5.74) is 8.08. The highest BCUT2D eigenvalue weighted by molar-refractivity contribution is 7.91. The molecular formula is C14H23NO2S. The Labute approximate surface area is 110 Å². The maximum atomic E-state index is 11.8. The highest BCUT2D eigenvalue weighted by atomic mass is 32.2. The first-order valence-electron chi connectivity index (χ1n) is 6.35. The molecule has 4 heteroatoms. The molecule has 1 atom stereocenters. The molecule has 3 nitrogen and oxygen atoms in total. The average Bonchev–Trinajstić information content (AvgIpc) is 2.29. The van der Waals surface area contributed by atoms with E-state index in [1.807, 2.05) is 25.1 Å². The van der Waals surface area contributed by atoms with Crippen LogP contribution in [0.5, 0.6) is 0 Å². The van der Waals surface area contributed by atoms with Crippen molar-refractivity contribution in [2.75, 3.05) is 12.3 Å². The lowest BCUT2D eigenvalue weighted by atomic mass is 9.95. The van der Waals surface area contributed by atoms with Gasteiger partial charge in [0.1, 0.15) is 0 Å². The number of aryl methyl sites for hydroxylation is 1. The summed E-state index contributed by atoms with van der Waals surface area (Å²) in [4.78, 5) is 0. The quantitative estimate of drug-likeness (QED) is 0.861. The van der Waals surface area contributed by atoms with Crippen LogP contribution in [0.4, 0.5) is 0 Å². The van der Waals surface area contributed by atoms with E-state index in [4.69, 9.17) is 5.73 Å². The van der Waals surface area contributed by atoms with Crippen molar-refractivity contribution in [2.24, 2.45) is 5.73 Å². The van der Waals surface area contributed by atoms with Gasteiger partial charge in [-0.1, -0.05) is 29.8 Å². The van der Waals surface area contributed by atoms with Gasteiger partial charge in [0.2, 0.25) is 0 Å². The highest BCUT2D eigenvalue weighted by Gasteiger charge is 2.19. The summed E-state index contributed by atoms with van der Waals surface area (Å²) in [5.74, 6) is 0.332. The van der Waals surface area contributed by atoms with Gasteiger partial charge in [-0.05, 0) is 45.2 Å². The second kappa shape index (κ2) is 6.34. The molecule has 0 saturated carbocycles.